The van der Waals surface area contributed by atoms with Gasteiger partial charge < -0.3 is 10.2 Å². The summed E-state index contributed by atoms with van der Waals surface area (Å²) >= 11 is 7.13. The third kappa shape index (κ3) is 1.87. The van der Waals surface area contributed by atoms with E-state index in [1.807, 2.05) is 0 Å². The number of thiazole rings is 1. The molecule has 0 fully saturated rings. The van der Waals surface area contributed by atoms with E-state index in [2.05, 4.69) is 9.97 Å². The van der Waals surface area contributed by atoms with Crippen molar-refractivity contribution in [1.29, 1.82) is 0 Å². The first-order valence-electron chi connectivity index (χ1n) is 5.56. The molecule has 102 valence electrons. The van der Waals surface area contributed by atoms with E-state index >= 15 is 0 Å². The Labute approximate surface area is 122 Å². The fourth-order valence-electron chi connectivity index (χ4n) is 1.97. The monoisotopic (exact) mass is 309 g/mol. The average molecular weight is 310 g/mol. The summed E-state index contributed by atoms with van der Waals surface area (Å²) in [6.07, 6.45) is 0.804. The van der Waals surface area contributed by atoms with E-state index in [9.17, 15) is 15.0 Å². The van der Waals surface area contributed by atoms with E-state index in [4.69, 9.17) is 11.6 Å². The number of pyridine rings is 1. The molecule has 20 heavy (non-hydrogen) atoms. The molecule has 0 saturated heterocycles. The van der Waals surface area contributed by atoms with Crippen LogP contribution >= 0.6 is 22.9 Å². The molecule has 2 aromatic heterocycles. The number of aliphatic hydroxyl groups is 2. The summed E-state index contributed by atoms with van der Waals surface area (Å²) in [6, 6.07) is 2.98. The summed E-state index contributed by atoms with van der Waals surface area (Å²) in [5, 5.41) is 21.8. The second-order valence-electron chi connectivity index (χ2n) is 3.98. The van der Waals surface area contributed by atoms with E-state index < -0.39 is 12.0 Å². The standard InChI is InChI=1S/C12H8ClN3O3S/c13-8-2-1-6-9(18)7(5-17)11(19)16(10(6)15-8)12-14-3-4-20-12/h1-5,11,17,19H. The molecule has 0 radical (unpaired) electrons. The van der Waals surface area contributed by atoms with Crippen LogP contribution in [-0.4, -0.2) is 32.2 Å². The summed E-state index contributed by atoms with van der Waals surface area (Å²) in [5.74, 6) is -0.275. The molecular formula is C12H8ClN3O3S. The summed E-state index contributed by atoms with van der Waals surface area (Å²) < 4.78 is 0. The zero-order valence-corrected chi connectivity index (χ0v) is 11.5. The van der Waals surface area contributed by atoms with Gasteiger partial charge in [0.2, 0.25) is 0 Å². The third-order valence-corrected chi connectivity index (χ3v) is 3.84. The van der Waals surface area contributed by atoms with Gasteiger partial charge in [0.05, 0.1) is 17.4 Å². The van der Waals surface area contributed by atoms with Crippen LogP contribution in [0.15, 0.2) is 35.5 Å². The highest BCUT2D eigenvalue weighted by atomic mass is 35.5. The largest absolute Gasteiger partial charge is 0.515 e. The Morgan fingerprint density at radius 1 is 1.45 bits per heavy atom. The normalized spacial score (nSPS) is 20.3. The van der Waals surface area contributed by atoms with E-state index in [-0.39, 0.29) is 22.1 Å². The molecule has 0 amide bonds. The SMILES string of the molecule is O=C1C(=CO)C(O)N(c2nccs2)c2nc(Cl)ccc21. The molecule has 1 aliphatic heterocycles. The number of carbonyl (C=O) groups is 1. The van der Waals surface area contributed by atoms with Crippen molar-refractivity contribution in [2.75, 3.05) is 4.90 Å². The number of nitrogens with zero attached hydrogens (tertiary/aromatic N) is 3. The minimum Gasteiger partial charge on any atom is -0.515 e. The Kier molecular flexibility index (Phi) is 3.17. The van der Waals surface area contributed by atoms with Crippen LogP contribution < -0.4 is 4.90 Å². The zero-order valence-electron chi connectivity index (χ0n) is 9.89. The van der Waals surface area contributed by atoms with Gasteiger partial charge in [0, 0.05) is 11.6 Å². The minimum atomic E-state index is -1.36. The molecule has 0 aromatic carbocycles. The number of hydrogen-bond donors (Lipinski definition) is 2. The van der Waals surface area contributed by atoms with Crippen molar-refractivity contribution in [2.24, 2.45) is 0 Å². The van der Waals surface area contributed by atoms with Crippen molar-refractivity contribution < 1.29 is 15.0 Å². The van der Waals surface area contributed by atoms with Crippen LogP contribution in [0.5, 0.6) is 0 Å². The first kappa shape index (κ1) is 13.0. The molecule has 0 spiro atoms. The van der Waals surface area contributed by atoms with Gasteiger partial charge >= 0.3 is 0 Å². The zero-order chi connectivity index (χ0) is 14.3. The maximum atomic E-state index is 12.2. The van der Waals surface area contributed by atoms with Crippen LogP contribution in [0, 0.1) is 0 Å². The van der Waals surface area contributed by atoms with Gasteiger partial charge in [0.25, 0.3) is 0 Å². The summed E-state index contributed by atoms with van der Waals surface area (Å²) in [4.78, 5) is 21.7. The number of hydrogen-bond acceptors (Lipinski definition) is 7. The highest BCUT2D eigenvalue weighted by molar-refractivity contribution is 7.13. The number of aromatic nitrogens is 2. The molecule has 0 bridgehead atoms. The lowest BCUT2D eigenvalue weighted by molar-refractivity contribution is 0.0971. The molecule has 0 aliphatic carbocycles. The quantitative estimate of drug-likeness (QED) is 0.477. The van der Waals surface area contributed by atoms with Crippen molar-refractivity contribution in [2.45, 2.75) is 6.23 Å². The fourth-order valence-corrected chi connectivity index (χ4v) is 2.78. The maximum Gasteiger partial charge on any atom is 0.200 e. The van der Waals surface area contributed by atoms with Crippen molar-refractivity contribution in [3.05, 3.63) is 46.3 Å². The number of rotatable bonds is 1. The lowest BCUT2D eigenvalue weighted by Gasteiger charge is -2.32. The summed E-state index contributed by atoms with van der Waals surface area (Å²) in [5.41, 5.74) is 0.104. The molecule has 1 atom stereocenters. The minimum absolute atomic E-state index is 0.142. The van der Waals surface area contributed by atoms with Crippen LogP contribution in [-0.2, 0) is 0 Å². The summed E-state index contributed by atoms with van der Waals surface area (Å²) in [7, 11) is 0. The number of Topliss-reactive ketones (excluding diaryl/α,β-unsaturated/α-hetero) is 1. The molecule has 1 aliphatic rings. The Bertz CT molecular complexity index is 702. The maximum absolute atomic E-state index is 12.2. The average Bonchev–Trinajstić information content (AvgIpc) is 2.93. The van der Waals surface area contributed by atoms with Crippen molar-refractivity contribution in [1.82, 2.24) is 9.97 Å². The van der Waals surface area contributed by atoms with E-state index in [0.717, 1.165) is 0 Å². The molecule has 8 heteroatoms. The van der Waals surface area contributed by atoms with Gasteiger partial charge in [-0.3, -0.25) is 9.69 Å². The third-order valence-electron chi connectivity index (χ3n) is 2.86. The summed E-state index contributed by atoms with van der Waals surface area (Å²) in [6.45, 7) is 0. The number of anilines is 2. The fraction of sp³-hybridized carbons (Fsp3) is 0.0833. The highest BCUT2D eigenvalue weighted by Crippen LogP contribution is 2.38. The number of carbonyl (C=O) groups excluding carboxylic acids is 1. The van der Waals surface area contributed by atoms with Crippen LogP contribution in [0.4, 0.5) is 10.9 Å². The number of halogens is 1. The molecule has 0 saturated carbocycles. The van der Waals surface area contributed by atoms with Crippen molar-refractivity contribution in [3.8, 4) is 0 Å². The van der Waals surface area contributed by atoms with Gasteiger partial charge in [-0.25, -0.2) is 9.97 Å². The lowest BCUT2D eigenvalue weighted by Crippen LogP contribution is -2.41. The first-order chi connectivity index (χ1) is 9.63. The second-order valence-corrected chi connectivity index (χ2v) is 5.24. The topological polar surface area (TPSA) is 86.5 Å². The predicted octanol–water partition coefficient (Wildman–Crippen LogP) is 2.29. The molecule has 3 rings (SSSR count). The van der Waals surface area contributed by atoms with Crippen LogP contribution in [0.2, 0.25) is 5.15 Å². The Balaban J connectivity index is 2.26. The smallest absolute Gasteiger partial charge is 0.200 e. The van der Waals surface area contributed by atoms with Crippen LogP contribution in [0.3, 0.4) is 0 Å². The molecular weight excluding hydrogens is 302 g/mol. The van der Waals surface area contributed by atoms with E-state index in [1.165, 1.54) is 28.4 Å². The van der Waals surface area contributed by atoms with E-state index in [1.54, 1.807) is 11.6 Å². The predicted molar refractivity (Wildman–Crippen MR) is 74.5 cm³/mol. The van der Waals surface area contributed by atoms with Crippen LogP contribution in [0.25, 0.3) is 0 Å². The molecule has 1 unspecified atom stereocenters. The molecule has 6 nitrogen and oxygen atoms in total. The van der Waals surface area contributed by atoms with Gasteiger partial charge in [0.1, 0.15) is 11.0 Å². The van der Waals surface area contributed by atoms with Gasteiger partial charge in [-0.2, -0.15) is 0 Å². The first-order valence-corrected chi connectivity index (χ1v) is 6.81. The van der Waals surface area contributed by atoms with Gasteiger partial charge in [-0.05, 0) is 12.1 Å². The van der Waals surface area contributed by atoms with Gasteiger partial charge in [0.15, 0.2) is 17.1 Å². The Hall–Kier alpha value is -1.96. The molecule has 2 aromatic rings. The van der Waals surface area contributed by atoms with Crippen molar-refractivity contribution >= 4 is 39.7 Å². The lowest BCUT2D eigenvalue weighted by atomic mass is 9.98. The number of fused-ring (bicyclic) bond motifs is 1. The number of ketones is 1. The highest BCUT2D eigenvalue weighted by Gasteiger charge is 2.38. The van der Waals surface area contributed by atoms with E-state index in [0.29, 0.717) is 11.4 Å². The van der Waals surface area contributed by atoms with Gasteiger partial charge in [-0.15, -0.1) is 11.3 Å². The van der Waals surface area contributed by atoms with Crippen LogP contribution in [0.1, 0.15) is 10.4 Å². The number of aliphatic hydroxyl groups excluding tert-OH is 2. The Morgan fingerprint density at radius 3 is 2.90 bits per heavy atom. The molecule has 2 N–H and O–H groups in total. The Morgan fingerprint density at radius 2 is 2.25 bits per heavy atom. The van der Waals surface area contributed by atoms with Crippen molar-refractivity contribution in [3.63, 3.8) is 0 Å². The molecule has 3 heterocycles. The second kappa shape index (κ2) is 4.86. The van der Waals surface area contributed by atoms with Gasteiger partial charge in [-0.1, -0.05) is 11.6 Å².